The van der Waals surface area contributed by atoms with E-state index in [1.165, 1.54) is 12.1 Å². The average Bonchev–Trinajstić information content (AvgIpc) is 2.53. The van der Waals surface area contributed by atoms with Crippen molar-refractivity contribution in [1.82, 2.24) is 5.32 Å². The molecule has 1 aromatic carbocycles. The lowest BCUT2D eigenvalue weighted by molar-refractivity contribution is 0.582. The van der Waals surface area contributed by atoms with Gasteiger partial charge in [-0.25, -0.2) is 8.78 Å². The molecule has 1 aliphatic heterocycles. The van der Waals surface area contributed by atoms with Crippen LogP contribution in [0.1, 0.15) is 5.56 Å². The van der Waals surface area contributed by atoms with Gasteiger partial charge in [-0.2, -0.15) is 0 Å². The first-order valence-corrected chi connectivity index (χ1v) is 4.12. The summed E-state index contributed by atoms with van der Waals surface area (Å²) in [5.41, 5.74) is 1.58. The molecule has 1 heterocycles. The lowest BCUT2D eigenvalue weighted by atomic mass is 10.1. The van der Waals surface area contributed by atoms with Gasteiger partial charge in [-0.3, -0.25) is 0 Å². The smallest absolute Gasteiger partial charge is 0.126 e. The standard InChI is InChI=1S/C10H9F2N/c11-9-3-8(4-10(12)5-9)7-1-2-13-6-7/h1,3-5,13H,2,6H2. The van der Waals surface area contributed by atoms with Gasteiger partial charge in [0.15, 0.2) is 0 Å². The van der Waals surface area contributed by atoms with Gasteiger partial charge in [0.1, 0.15) is 11.6 Å². The van der Waals surface area contributed by atoms with Crippen LogP contribution in [0.4, 0.5) is 8.78 Å². The average molecular weight is 181 g/mol. The Morgan fingerprint density at radius 3 is 2.31 bits per heavy atom. The van der Waals surface area contributed by atoms with Crippen molar-refractivity contribution in [1.29, 1.82) is 0 Å². The quantitative estimate of drug-likeness (QED) is 0.698. The topological polar surface area (TPSA) is 12.0 Å². The molecule has 0 saturated heterocycles. The Morgan fingerprint density at radius 1 is 1.08 bits per heavy atom. The third kappa shape index (κ3) is 1.75. The van der Waals surface area contributed by atoms with Crippen molar-refractivity contribution in [3.05, 3.63) is 41.5 Å². The molecule has 13 heavy (non-hydrogen) atoms. The minimum atomic E-state index is -0.525. The first kappa shape index (κ1) is 8.38. The molecule has 0 radical (unpaired) electrons. The minimum Gasteiger partial charge on any atom is -0.309 e. The zero-order valence-electron chi connectivity index (χ0n) is 6.98. The first-order valence-electron chi connectivity index (χ1n) is 4.12. The van der Waals surface area contributed by atoms with E-state index >= 15 is 0 Å². The van der Waals surface area contributed by atoms with Gasteiger partial charge in [0.25, 0.3) is 0 Å². The fourth-order valence-corrected chi connectivity index (χ4v) is 1.43. The molecule has 0 spiro atoms. The third-order valence-corrected chi connectivity index (χ3v) is 2.04. The molecule has 0 fully saturated rings. The molecular formula is C10H9F2N. The molecular weight excluding hydrogens is 172 g/mol. The van der Waals surface area contributed by atoms with Crippen LogP contribution in [0.25, 0.3) is 5.57 Å². The zero-order valence-corrected chi connectivity index (χ0v) is 6.98. The fourth-order valence-electron chi connectivity index (χ4n) is 1.43. The third-order valence-electron chi connectivity index (χ3n) is 2.04. The predicted octanol–water partition coefficient (Wildman–Crippen LogP) is 1.95. The molecule has 0 aromatic heterocycles. The number of hydrogen-bond acceptors (Lipinski definition) is 1. The van der Waals surface area contributed by atoms with Crippen molar-refractivity contribution < 1.29 is 8.78 Å². The van der Waals surface area contributed by atoms with Gasteiger partial charge in [0, 0.05) is 19.2 Å². The van der Waals surface area contributed by atoms with Crippen molar-refractivity contribution in [2.24, 2.45) is 0 Å². The summed E-state index contributed by atoms with van der Waals surface area (Å²) in [6.07, 6.45) is 1.94. The van der Waals surface area contributed by atoms with E-state index in [0.717, 1.165) is 18.2 Å². The SMILES string of the molecule is Fc1cc(F)cc(C2=CCNC2)c1. The molecule has 0 unspecified atom stereocenters. The number of benzene rings is 1. The van der Waals surface area contributed by atoms with E-state index < -0.39 is 11.6 Å². The van der Waals surface area contributed by atoms with Gasteiger partial charge in [-0.15, -0.1) is 0 Å². The molecule has 0 saturated carbocycles. The maximum absolute atomic E-state index is 12.8. The van der Waals surface area contributed by atoms with Crippen molar-refractivity contribution >= 4 is 5.57 Å². The molecule has 3 heteroatoms. The molecule has 1 aromatic rings. The van der Waals surface area contributed by atoms with Crippen LogP contribution in [0.3, 0.4) is 0 Å². The maximum Gasteiger partial charge on any atom is 0.126 e. The molecule has 0 bridgehead atoms. The Hall–Kier alpha value is -1.22. The molecule has 0 atom stereocenters. The lowest BCUT2D eigenvalue weighted by Crippen LogP contribution is -2.07. The normalized spacial score (nSPS) is 16.0. The Morgan fingerprint density at radius 2 is 1.77 bits per heavy atom. The second-order valence-electron chi connectivity index (χ2n) is 3.02. The van der Waals surface area contributed by atoms with Crippen LogP contribution >= 0.6 is 0 Å². The number of nitrogens with one attached hydrogen (secondary N) is 1. The highest BCUT2D eigenvalue weighted by molar-refractivity contribution is 5.68. The van der Waals surface area contributed by atoms with E-state index in [1.807, 2.05) is 6.08 Å². The molecule has 0 amide bonds. The van der Waals surface area contributed by atoms with Crippen LogP contribution < -0.4 is 5.32 Å². The summed E-state index contributed by atoms with van der Waals surface area (Å²) in [4.78, 5) is 0. The lowest BCUT2D eigenvalue weighted by Gasteiger charge is -2.02. The zero-order chi connectivity index (χ0) is 9.26. The second-order valence-corrected chi connectivity index (χ2v) is 3.02. The van der Waals surface area contributed by atoms with Crippen LogP contribution in [0.2, 0.25) is 0 Å². The summed E-state index contributed by atoms with van der Waals surface area (Å²) in [5.74, 6) is -1.05. The highest BCUT2D eigenvalue weighted by Gasteiger charge is 2.08. The summed E-state index contributed by atoms with van der Waals surface area (Å²) in [6, 6.07) is 3.58. The first-order chi connectivity index (χ1) is 6.25. The van der Waals surface area contributed by atoms with Gasteiger partial charge in [-0.1, -0.05) is 6.08 Å². The molecule has 2 rings (SSSR count). The maximum atomic E-state index is 12.8. The Labute approximate surface area is 75.1 Å². The van der Waals surface area contributed by atoms with Gasteiger partial charge in [-0.05, 0) is 23.3 Å². The van der Waals surface area contributed by atoms with Crippen LogP contribution in [-0.2, 0) is 0 Å². The number of halogens is 2. The van der Waals surface area contributed by atoms with E-state index in [2.05, 4.69) is 5.32 Å². The monoisotopic (exact) mass is 181 g/mol. The summed E-state index contributed by atoms with van der Waals surface area (Å²) in [7, 11) is 0. The second kappa shape index (κ2) is 3.26. The highest BCUT2D eigenvalue weighted by atomic mass is 19.1. The van der Waals surface area contributed by atoms with Crippen LogP contribution in [0.5, 0.6) is 0 Å². The van der Waals surface area contributed by atoms with Gasteiger partial charge < -0.3 is 5.32 Å². The van der Waals surface area contributed by atoms with E-state index in [9.17, 15) is 8.78 Å². The summed E-state index contributed by atoms with van der Waals surface area (Å²) in [6.45, 7) is 1.45. The van der Waals surface area contributed by atoms with E-state index in [4.69, 9.17) is 0 Å². The van der Waals surface area contributed by atoms with Crippen molar-refractivity contribution in [3.8, 4) is 0 Å². The van der Waals surface area contributed by atoms with Gasteiger partial charge in [0.2, 0.25) is 0 Å². The summed E-state index contributed by atoms with van der Waals surface area (Å²) in [5, 5.41) is 3.07. The number of rotatable bonds is 1. The summed E-state index contributed by atoms with van der Waals surface area (Å²) < 4.78 is 25.6. The largest absolute Gasteiger partial charge is 0.309 e. The van der Waals surface area contributed by atoms with Crippen molar-refractivity contribution in [3.63, 3.8) is 0 Å². The van der Waals surface area contributed by atoms with E-state index in [-0.39, 0.29) is 0 Å². The number of hydrogen-bond donors (Lipinski definition) is 1. The van der Waals surface area contributed by atoms with Gasteiger partial charge >= 0.3 is 0 Å². The molecule has 1 nitrogen and oxygen atoms in total. The minimum absolute atomic E-state index is 0.525. The Bertz CT molecular complexity index is 338. The molecule has 68 valence electrons. The predicted molar refractivity (Wildman–Crippen MR) is 47.2 cm³/mol. The van der Waals surface area contributed by atoms with E-state index in [1.54, 1.807) is 0 Å². The van der Waals surface area contributed by atoms with E-state index in [0.29, 0.717) is 12.1 Å². The summed E-state index contributed by atoms with van der Waals surface area (Å²) >= 11 is 0. The van der Waals surface area contributed by atoms with Crippen LogP contribution in [0.15, 0.2) is 24.3 Å². The van der Waals surface area contributed by atoms with Gasteiger partial charge in [0.05, 0.1) is 0 Å². The molecule has 1 N–H and O–H groups in total. The van der Waals surface area contributed by atoms with Crippen LogP contribution in [0, 0.1) is 11.6 Å². The highest BCUT2D eigenvalue weighted by Crippen LogP contribution is 2.18. The molecule has 0 aliphatic carbocycles. The Balaban J connectivity index is 2.39. The van der Waals surface area contributed by atoms with Crippen molar-refractivity contribution in [2.45, 2.75) is 0 Å². The fraction of sp³-hybridized carbons (Fsp3) is 0.200. The van der Waals surface area contributed by atoms with Crippen molar-refractivity contribution in [2.75, 3.05) is 13.1 Å². The Kier molecular flexibility index (Phi) is 2.10. The molecule has 1 aliphatic rings. The van der Waals surface area contributed by atoms with Crippen LogP contribution in [-0.4, -0.2) is 13.1 Å².